The zero-order valence-corrected chi connectivity index (χ0v) is 15.9. The molecule has 2 aromatic rings. The second kappa shape index (κ2) is 6.86. The molecular formula is C22H29N3O2. The maximum atomic E-state index is 13.0. The first-order valence-corrected chi connectivity index (χ1v) is 10.4. The van der Waals surface area contributed by atoms with E-state index in [2.05, 4.69) is 39.5 Å². The van der Waals surface area contributed by atoms with E-state index in [1.807, 2.05) is 6.20 Å². The lowest BCUT2D eigenvalue weighted by atomic mass is 9.71. The molecule has 1 spiro atoms. The largest absolute Gasteiger partial charge is 0.381 e. The molecule has 2 aliphatic heterocycles. The van der Waals surface area contributed by atoms with Gasteiger partial charge in [-0.1, -0.05) is 18.6 Å². The topological polar surface area (TPSA) is 57.4 Å². The number of H-pyrrole nitrogens is 1. The predicted molar refractivity (Wildman–Crippen MR) is 106 cm³/mol. The highest BCUT2D eigenvalue weighted by Gasteiger charge is 2.55. The number of nitrogens with one attached hydrogen (secondary N) is 2. The van der Waals surface area contributed by atoms with Crippen LogP contribution in [0, 0.1) is 11.3 Å². The Morgan fingerprint density at radius 2 is 2.15 bits per heavy atom. The molecule has 5 nitrogen and oxygen atoms in total. The summed E-state index contributed by atoms with van der Waals surface area (Å²) < 4.78 is 5.62. The van der Waals surface area contributed by atoms with Crippen molar-refractivity contribution in [2.75, 3.05) is 26.3 Å². The Labute approximate surface area is 160 Å². The lowest BCUT2D eigenvalue weighted by molar-refractivity contribution is -0.000404. The molecule has 1 aromatic carbocycles. The van der Waals surface area contributed by atoms with Crippen LogP contribution in [-0.2, 0) is 11.2 Å². The summed E-state index contributed by atoms with van der Waals surface area (Å²) in [7, 11) is 0. The molecule has 5 heteroatoms. The Hall–Kier alpha value is -2.01. The molecule has 0 radical (unpaired) electrons. The van der Waals surface area contributed by atoms with Crippen molar-refractivity contribution in [2.24, 2.45) is 11.3 Å². The molecule has 2 atom stereocenters. The fourth-order valence-electron chi connectivity index (χ4n) is 5.90. The number of ether oxygens (including phenoxy) is 1. The van der Waals surface area contributed by atoms with Crippen LogP contribution < -0.4 is 5.32 Å². The minimum atomic E-state index is 0.136. The van der Waals surface area contributed by atoms with Gasteiger partial charge in [0.15, 0.2) is 0 Å². The molecule has 3 heterocycles. The van der Waals surface area contributed by atoms with Crippen LogP contribution in [0.5, 0.6) is 0 Å². The first kappa shape index (κ1) is 17.1. The molecule has 3 fully saturated rings. The molecule has 144 valence electrons. The Morgan fingerprint density at radius 1 is 1.26 bits per heavy atom. The average molecular weight is 367 g/mol. The van der Waals surface area contributed by atoms with E-state index in [0.29, 0.717) is 23.9 Å². The molecule has 1 aromatic heterocycles. The average Bonchev–Trinajstić information content (AvgIpc) is 3.41. The fourth-order valence-corrected chi connectivity index (χ4v) is 5.90. The van der Waals surface area contributed by atoms with Gasteiger partial charge in [0.1, 0.15) is 0 Å². The number of likely N-dealkylation sites (tertiary alicyclic amines) is 1. The number of carbonyl (C=O) groups excluding carboxylic acids is 1. The van der Waals surface area contributed by atoms with Gasteiger partial charge in [-0.2, -0.15) is 0 Å². The second-order valence-corrected chi connectivity index (χ2v) is 8.55. The van der Waals surface area contributed by atoms with Crippen molar-refractivity contribution in [3.63, 3.8) is 0 Å². The van der Waals surface area contributed by atoms with Crippen LogP contribution in [0.3, 0.4) is 0 Å². The van der Waals surface area contributed by atoms with Gasteiger partial charge in [-0.3, -0.25) is 0 Å². The number of carbonyl (C=O) groups is 1. The van der Waals surface area contributed by atoms with E-state index in [-0.39, 0.29) is 6.03 Å². The summed E-state index contributed by atoms with van der Waals surface area (Å²) in [6.07, 6.45) is 8.79. The number of nitrogens with zero attached hydrogens (tertiary/aromatic N) is 1. The van der Waals surface area contributed by atoms with Gasteiger partial charge in [-0.05, 0) is 61.1 Å². The van der Waals surface area contributed by atoms with Crippen molar-refractivity contribution in [1.82, 2.24) is 15.2 Å². The van der Waals surface area contributed by atoms with Crippen molar-refractivity contribution >= 4 is 16.9 Å². The number of hydrogen-bond acceptors (Lipinski definition) is 2. The fraction of sp³-hybridized carbons (Fsp3) is 0.591. The van der Waals surface area contributed by atoms with E-state index in [0.717, 1.165) is 44.5 Å². The maximum absolute atomic E-state index is 13.0. The number of fused-ring (bicyclic) bond motifs is 3. The van der Waals surface area contributed by atoms with Crippen LogP contribution >= 0.6 is 0 Å². The molecule has 2 amide bonds. The Bertz CT molecular complexity index is 824. The van der Waals surface area contributed by atoms with Gasteiger partial charge in [0.2, 0.25) is 0 Å². The van der Waals surface area contributed by atoms with Crippen molar-refractivity contribution in [2.45, 2.75) is 44.6 Å². The van der Waals surface area contributed by atoms with Crippen LogP contribution in [0.1, 0.15) is 37.7 Å². The number of amides is 2. The summed E-state index contributed by atoms with van der Waals surface area (Å²) in [5.41, 5.74) is 2.76. The van der Waals surface area contributed by atoms with E-state index in [4.69, 9.17) is 4.74 Å². The van der Waals surface area contributed by atoms with Crippen LogP contribution in [0.4, 0.5) is 4.79 Å². The predicted octanol–water partition coefficient (Wildman–Crippen LogP) is 3.70. The van der Waals surface area contributed by atoms with E-state index in [9.17, 15) is 4.79 Å². The highest BCUT2D eigenvalue weighted by Crippen LogP contribution is 2.53. The molecule has 0 unspecified atom stereocenters. The first-order chi connectivity index (χ1) is 13.3. The van der Waals surface area contributed by atoms with Crippen molar-refractivity contribution in [3.8, 4) is 0 Å². The smallest absolute Gasteiger partial charge is 0.317 e. The normalized spacial score (nSPS) is 26.6. The molecular weight excluding hydrogens is 338 g/mol. The summed E-state index contributed by atoms with van der Waals surface area (Å²) in [4.78, 5) is 18.4. The summed E-state index contributed by atoms with van der Waals surface area (Å²) >= 11 is 0. The highest BCUT2D eigenvalue weighted by atomic mass is 16.5. The van der Waals surface area contributed by atoms with Crippen LogP contribution in [-0.4, -0.2) is 48.3 Å². The van der Waals surface area contributed by atoms with Gasteiger partial charge >= 0.3 is 6.03 Å². The zero-order chi connectivity index (χ0) is 18.3. The molecule has 2 saturated heterocycles. The third-order valence-corrected chi connectivity index (χ3v) is 7.26. The van der Waals surface area contributed by atoms with Gasteiger partial charge in [-0.25, -0.2) is 4.79 Å². The summed E-state index contributed by atoms with van der Waals surface area (Å²) in [5.74, 6) is 0.681. The monoisotopic (exact) mass is 367 g/mol. The van der Waals surface area contributed by atoms with Crippen molar-refractivity contribution in [1.29, 1.82) is 0 Å². The number of rotatable bonds is 3. The second-order valence-electron chi connectivity index (χ2n) is 8.55. The quantitative estimate of drug-likeness (QED) is 0.869. The van der Waals surface area contributed by atoms with Crippen LogP contribution in [0.15, 0.2) is 30.5 Å². The lowest BCUT2D eigenvalue weighted by Crippen LogP contribution is -2.44. The SMILES string of the molecule is O=C(NCCc1cccc2[nH]ccc12)N1CC2(CCOCC2)[C@@H]2CCC[C@@H]21. The standard InChI is InChI=1S/C22H29N3O2/c26-21(24-11-7-16-3-1-5-19-17(16)8-12-23-19)25-15-22(9-13-27-14-10-22)18-4-2-6-20(18)25/h1,3,5,8,12,18,20,23H,2,4,6-7,9-11,13-15H2,(H,24,26)/t18-,20+/m1/s1. The van der Waals surface area contributed by atoms with Gasteiger partial charge < -0.3 is 19.9 Å². The zero-order valence-electron chi connectivity index (χ0n) is 15.9. The van der Waals surface area contributed by atoms with E-state index >= 15 is 0 Å². The molecule has 0 bridgehead atoms. The van der Waals surface area contributed by atoms with E-state index in [1.54, 1.807) is 0 Å². The first-order valence-electron chi connectivity index (χ1n) is 10.4. The summed E-state index contributed by atoms with van der Waals surface area (Å²) in [5, 5.41) is 4.46. The van der Waals surface area contributed by atoms with E-state index in [1.165, 1.54) is 30.2 Å². The minimum absolute atomic E-state index is 0.136. The Morgan fingerprint density at radius 3 is 3.04 bits per heavy atom. The van der Waals surface area contributed by atoms with Crippen LogP contribution in [0.25, 0.3) is 10.9 Å². The number of hydrogen-bond donors (Lipinski definition) is 2. The van der Waals surface area contributed by atoms with Crippen molar-refractivity contribution < 1.29 is 9.53 Å². The molecule has 3 aliphatic rings. The molecule has 1 aliphatic carbocycles. The summed E-state index contributed by atoms with van der Waals surface area (Å²) in [6.45, 7) is 3.33. The third-order valence-electron chi connectivity index (χ3n) is 7.26. The molecule has 2 N–H and O–H groups in total. The van der Waals surface area contributed by atoms with Gasteiger partial charge in [0.05, 0.1) is 0 Å². The number of aromatic nitrogens is 1. The van der Waals surface area contributed by atoms with Crippen molar-refractivity contribution in [3.05, 3.63) is 36.0 Å². The third kappa shape index (κ3) is 2.92. The Kier molecular flexibility index (Phi) is 4.35. The number of urea groups is 1. The van der Waals surface area contributed by atoms with E-state index < -0.39 is 0 Å². The molecule has 1 saturated carbocycles. The molecule has 5 rings (SSSR count). The van der Waals surface area contributed by atoms with Gasteiger partial charge in [-0.15, -0.1) is 0 Å². The minimum Gasteiger partial charge on any atom is -0.381 e. The highest BCUT2D eigenvalue weighted by molar-refractivity contribution is 5.83. The maximum Gasteiger partial charge on any atom is 0.317 e. The van der Waals surface area contributed by atoms with Gasteiger partial charge in [0.25, 0.3) is 0 Å². The molecule has 27 heavy (non-hydrogen) atoms. The number of aromatic amines is 1. The van der Waals surface area contributed by atoms with Gasteiger partial charge in [0, 0.05) is 49.4 Å². The Balaban J connectivity index is 1.24. The number of benzene rings is 1. The van der Waals surface area contributed by atoms with Crippen LogP contribution in [0.2, 0.25) is 0 Å². The summed E-state index contributed by atoms with van der Waals surface area (Å²) in [6, 6.07) is 9.02. The lowest BCUT2D eigenvalue weighted by Gasteiger charge is -2.37.